The van der Waals surface area contributed by atoms with Crippen LogP contribution in [-0.2, 0) is 27.1 Å². The molecule has 0 unspecified atom stereocenters. The van der Waals surface area contributed by atoms with Crippen LogP contribution in [0, 0.1) is 0 Å². The summed E-state index contributed by atoms with van der Waals surface area (Å²) >= 11 is 1.17. The number of methoxy groups -OCH3 is 1. The Morgan fingerprint density at radius 2 is 1.69 bits per heavy atom. The van der Waals surface area contributed by atoms with Crippen LogP contribution < -0.4 is 21.7 Å². The molecule has 0 radical (unpaired) electrons. The lowest BCUT2D eigenvalue weighted by molar-refractivity contribution is 0.102. The lowest BCUT2D eigenvalue weighted by Crippen LogP contribution is -2.41. The van der Waals surface area contributed by atoms with Gasteiger partial charge in [-0.05, 0) is 36.2 Å². The number of aromatic nitrogens is 5. The van der Waals surface area contributed by atoms with Crippen LogP contribution in [0.2, 0.25) is 0 Å². The van der Waals surface area contributed by atoms with Gasteiger partial charge in [0.15, 0.2) is 16.8 Å². The fourth-order valence-electron chi connectivity index (χ4n) is 3.76. The van der Waals surface area contributed by atoms with Crippen molar-refractivity contribution >= 4 is 23.4 Å². The number of hydrogen-bond acceptors (Lipinski definition) is 8. The Morgan fingerprint density at radius 3 is 2.36 bits per heavy atom. The van der Waals surface area contributed by atoms with Crippen molar-refractivity contribution in [2.45, 2.75) is 18.1 Å². The molecule has 0 saturated heterocycles. The predicted octanol–water partition coefficient (Wildman–Crippen LogP) is 2.15. The summed E-state index contributed by atoms with van der Waals surface area (Å²) in [6.45, 7) is 0.582. The van der Waals surface area contributed by atoms with Gasteiger partial charge in [-0.3, -0.25) is 18.7 Å². The maximum Gasteiger partial charge on any atom is 0.332 e. The van der Waals surface area contributed by atoms with Gasteiger partial charge in [-0.1, -0.05) is 42.1 Å². The number of rotatable bonds is 9. The molecule has 2 aromatic carbocycles. The van der Waals surface area contributed by atoms with Crippen molar-refractivity contribution in [1.82, 2.24) is 23.9 Å². The van der Waals surface area contributed by atoms with Gasteiger partial charge in [-0.25, -0.2) is 4.79 Å². The number of hydrogen-bond donors (Lipinski definition) is 1. The molecule has 11 heteroatoms. The highest BCUT2D eigenvalue weighted by atomic mass is 32.2. The molecular weight excluding hydrogens is 480 g/mol. The van der Waals surface area contributed by atoms with Crippen molar-refractivity contribution in [3.8, 4) is 17.1 Å². The first-order valence-corrected chi connectivity index (χ1v) is 12.1. The van der Waals surface area contributed by atoms with Gasteiger partial charge in [0.1, 0.15) is 17.1 Å². The molecule has 0 aliphatic carbocycles. The number of anilines is 1. The molecule has 4 rings (SSSR count). The second-order valence-electron chi connectivity index (χ2n) is 8.10. The number of ketones is 1. The molecule has 10 nitrogen and oxygen atoms in total. The van der Waals surface area contributed by atoms with E-state index in [1.54, 1.807) is 7.11 Å². The standard InChI is InChI=1S/C25H26N6O4S/c1-29-21(26)20(23(33)30(2)25(29)34)19(32)15-36-24-28-27-22(17-9-11-18(35-3)12-10-17)31(24)14-13-16-7-5-4-6-8-16/h4-12H,13-15,26H2,1-3H3. The fraction of sp³-hybridized carbons (Fsp3) is 0.240. The van der Waals surface area contributed by atoms with Gasteiger partial charge in [0, 0.05) is 26.2 Å². The summed E-state index contributed by atoms with van der Waals surface area (Å²) in [4.78, 5) is 37.7. The molecule has 0 fully saturated rings. The maximum atomic E-state index is 13.0. The second kappa shape index (κ2) is 10.6. The predicted molar refractivity (Wildman–Crippen MR) is 139 cm³/mol. The Bertz CT molecular complexity index is 1510. The van der Waals surface area contributed by atoms with Crippen LogP contribution in [0.4, 0.5) is 5.82 Å². The number of thioether (sulfide) groups is 1. The van der Waals surface area contributed by atoms with Crippen LogP contribution in [0.3, 0.4) is 0 Å². The fourth-order valence-corrected chi connectivity index (χ4v) is 4.60. The van der Waals surface area contributed by atoms with E-state index in [2.05, 4.69) is 10.2 Å². The highest BCUT2D eigenvalue weighted by molar-refractivity contribution is 7.99. The van der Waals surface area contributed by atoms with Crippen molar-refractivity contribution in [1.29, 1.82) is 0 Å². The van der Waals surface area contributed by atoms with Gasteiger partial charge < -0.3 is 15.0 Å². The van der Waals surface area contributed by atoms with Crippen LogP contribution in [0.25, 0.3) is 11.4 Å². The zero-order valence-corrected chi connectivity index (χ0v) is 21.0. The van der Waals surface area contributed by atoms with Gasteiger partial charge >= 0.3 is 5.69 Å². The van der Waals surface area contributed by atoms with Crippen molar-refractivity contribution < 1.29 is 9.53 Å². The van der Waals surface area contributed by atoms with E-state index >= 15 is 0 Å². The molecule has 0 saturated carbocycles. The summed E-state index contributed by atoms with van der Waals surface area (Å²) in [6, 6.07) is 17.5. The number of nitrogens with zero attached hydrogens (tertiary/aromatic N) is 5. The third-order valence-corrected chi connectivity index (χ3v) is 6.82. The zero-order chi connectivity index (χ0) is 25.8. The summed E-state index contributed by atoms with van der Waals surface area (Å²) in [7, 11) is 4.34. The van der Waals surface area contributed by atoms with Crippen LogP contribution >= 0.6 is 11.8 Å². The molecule has 186 valence electrons. The first kappa shape index (κ1) is 25.0. The van der Waals surface area contributed by atoms with E-state index in [1.165, 1.54) is 25.9 Å². The number of Topliss-reactive ketones (excluding diaryl/α,β-unsaturated/α-hetero) is 1. The third kappa shape index (κ3) is 4.96. The van der Waals surface area contributed by atoms with Crippen LogP contribution in [0.5, 0.6) is 5.75 Å². The van der Waals surface area contributed by atoms with Crippen molar-refractivity contribution in [3.05, 3.63) is 86.6 Å². The van der Waals surface area contributed by atoms with E-state index in [1.807, 2.05) is 59.2 Å². The molecule has 0 bridgehead atoms. The number of benzene rings is 2. The molecule has 36 heavy (non-hydrogen) atoms. The lowest BCUT2D eigenvalue weighted by Gasteiger charge is -2.12. The molecular formula is C25H26N6O4S. The van der Waals surface area contributed by atoms with Gasteiger partial charge in [-0.15, -0.1) is 10.2 Å². The number of aryl methyl sites for hydroxylation is 1. The summed E-state index contributed by atoms with van der Waals surface area (Å²) in [5, 5.41) is 9.25. The first-order chi connectivity index (χ1) is 17.3. The molecule has 2 aromatic heterocycles. The van der Waals surface area contributed by atoms with Crippen molar-refractivity contribution in [3.63, 3.8) is 0 Å². The molecule has 0 spiro atoms. The second-order valence-corrected chi connectivity index (χ2v) is 9.04. The number of nitrogen functional groups attached to an aromatic ring is 1. The summed E-state index contributed by atoms with van der Waals surface area (Å²) < 4.78 is 9.17. The monoisotopic (exact) mass is 506 g/mol. The Balaban J connectivity index is 1.63. The number of nitrogens with two attached hydrogens (primary N) is 1. The van der Waals surface area contributed by atoms with Crippen molar-refractivity contribution in [2.75, 3.05) is 18.6 Å². The van der Waals surface area contributed by atoms with E-state index < -0.39 is 17.0 Å². The molecule has 0 aliphatic rings. The van der Waals surface area contributed by atoms with Crippen LogP contribution in [0.1, 0.15) is 15.9 Å². The van der Waals surface area contributed by atoms with E-state index in [-0.39, 0.29) is 17.1 Å². The van der Waals surface area contributed by atoms with Gasteiger partial charge in [0.2, 0.25) is 0 Å². The Kier molecular flexibility index (Phi) is 7.39. The quantitative estimate of drug-likeness (QED) is 0.270. The average Bonchev–Trinajstić information content (AvgIpc) is 3.31. The lowest BCUT2D eigenvalue weighted by atomic mass is 10.1. The van der Waals surface area contributed by atoms with Gasteiger partial charge in [0.25, 0.3) is 5.56 Å². The summed E-state index contributed by atoms with van der Waals surface area (Å²) in [5.41, 5.74) is 6.43. The first-order valence-electron chi connectivity index (χ1n) is 11.1. The minimum absolute atomic E-state index is 0.0935. The van der Waals surface area contributed by atoms with E-state index in [9.17, 15) is 14.4 Å². The topological polar surface area (TPSA) is 127 Å². The highest BCUT2D eigenvalue weighted by Gasteiger charge is 2.22. The van der Waals surface area contributed by atoms with E-state index in [0.717, 1.165) is 32.4 Å². The number of carbonyl (C=O) groups is 1. The molecule has 2 N–H and O–H groups in total. The third-order valence-electron chi connectivity index (χ3n) is 5.85. The highest BCUT2D eigenvalue weighted by Crippen LogP contribution is 2.26. The van der Waals surface area contributed by atoms with E-state index in [0.29, 0.717) is 17.5 Å². The average molecular weight is 507 g/mol. The Morgan fingerprint density at radius 1 is 1.00 bits per heavy atom. The minimum atomic E-state index is -0.717. The summed E-state index contributed by atoms with van der Waals surface area (Å²) in [5.74, 6) is 0.645. The smallest absolute Gasteiger partial charge is 0.332 e. The Labute approximate surface area is 211 Å². The molecule has 2 heterocycles. The van der Waals surface area contributed by atoms with Crippen LogP contribution in [-0.4, -0.2) is 42.5 Å². The van der Waals surface area contributed by atoms with Crippen molar-refractivity contribution in [2.24, 2.45) is 14.1 Å². The number of ether oxygens (including phenoxy) is 1. The van der Waals surface area contributed by atoms with Gasteiger partial charge in [0.05, 0.1) is 12.9 Å². The zero-order valence-electron chi connectivity index (χ0n) is 20.2. The molecule has 0 atom stereocenters. The maximum absolute atomic E-state index is 13.0. The van der Waals surface area contributed by atoms with Crippen LogP contribution in [0.15, 0.2) is 69.3 Å². The summed E-state index contributed by atoms with van der Waals surface area (Å²) in [6.07, 6.45) is 0.734. The molecule has 4 aromatic rings. The van der Waals surface area contributed by atoms with Gasteiger partial charge in [-0.2, -0.15) is 0 Å². The SMILES string of the molecule is COc1ccc(-c2nnc(SCC(=O)c3c(N)n(C)c(=O)n(C)c3=O)n2CCc2ccccc2)cc1. The normalized spacial score (nSPS) is 11.0. The minimum Gasteiger partial charge on any atom is -0.497 e. The number of carbonyl (C=O) groups excluding carboxylic acids is 1. The molecule has 0 aliphatic heterocycles. The molecule has 0 amide bonds. The Hall–Kier alpha value is -4.12. The van der Waals surface area contributed by atoms with E-state index in [4.69, 9.17) is 10.5 Å². The largest absolute Gasteiger partial charge is 0.497 e.